The number of carbonyl (C=O) groups excluding carboxylic acids is 1. The summed E-state index contributed by atoms with van der Waals surface area (Å²) in [4.78, 5) is 25.0. The smallest absolute Gasteiger partial charge is 0.328 e. The molecule has 0 saturated carbocycles. The summed E-state index contributed by atoms with van der Waals surface area (Å²) in [5.41, 5.74) is 2.82. The van der Waals surface area contributed by atoms with Crippen LogP contribution in [-0.2, 0) is 11.8 Å². The van der Waals surface area contributed by atoms with Gasteiger partial charge in [0.25, 0.3) is 0 Å². The molecule has 1 aromatic carbocycles. The molecule has 0 unspecified atom stereocenters. The third kappa shape index (κ3) is 3.44. The van der Waals surface area contributed by atoms with Crippen LogP contribution >= 0.6 is 0 Å². The van der Waals surface area contributed by atoms with Gasteiger partial charge in [0.15, 0.2) is 5.78 Å². The van der Waals surface area contributed by atoms with Crippen LogP contribution in [0.4, 0.5) is 5.69 Å². The lowest BCUT2D eigenvalue weighted by atomic mass is 10.1. The van der Waals surface area contributed by atoms with Crippen LogP contribution in [0.3, 0.4) is 0 Å². The molecular weight excluding hydrogens is 280 g/mol. The Morgan fingerprint density at radius 2 is 1.77 bits per heavy atom. The number of aryl methyl sites for hydroxylation is 1. The highest BCUT2D eigenvalue weighted by Gasteiger charge is 2.12. The van der Waals surface area contributed by atoms with Crippen molar-refractivity contribution in [3.63, 3.8) is 0 Å². The first-order chi connectivity index (χ1) is 10.4. The third-order valence-corrected chi connectivity index (χ3v) is 3.35. The molecule has 0 bridgehead atoms. The van der Waals surface area contributed by atoms with Gasteiger partial charge in [-0.25, -0.2) is 4.79 Å². The minimum Gasteiger partial charge on any atom is -0.478 e. The van der Waals surface area contributed by atoms with Crippen molar-refractivity contribution < 1.29 is 14.7 Å². The Hall–Kier alpha value is -2.82. The molecule has 22 heavy (non-hydrogen) atoms. The normalized spacial score (nSPS) is 10.9. The van der Waals surface area contributed by atoms with Crippen molar-refractivity contribution >= 4 is 23.5 Å². The number of anilines is 1. The highest BCUT2D eigenvalue weighted by Crippen LogP contribution is 2.17. The number of carboxylic acid groups (broad SMARTS) is 1. The highest BCUT2D eigenvalue weighted by atomic mass is 16.4. The average molecular weight is 298 g/mol. The number of rotatable bonds is 5. The molecule has 2 aromatic rings. The van der Waals surface area contributed by atoms with E-state index >= 15 is 0 Å². The molecule has 0 radical (unpaired) electrons. The summed E-state index contributed by atoms with van der Waals surface area (Å²) < 4.78 is 1.72. The maximum atomic E-state index is 12.5. The second kappa shape index (κ2) is 6.30. The van der Waals surface area contributed by atoms with Crippen LogP contribution in [0.5, 0.6) is 0 Å². The molecule has 0 atom stereocenters. The Morgan fingerprint density at radius 1 is 1.14 bits per heavy atom. The lowest BCUT2D eigenvalue weighted by Crippen LogP contribution is -2.09. The Bertz CT molecular complexity index is 725. The first-order valence-electron chi connectivity index (χ1n) is 6.78. The van der Waals surface area contributed by atoms with Crippen molar-refractivity contribution in [1.29, 1.82) is 0 Å². The van der Waals surface area contributed by atoms with E-state index in [-0.39, 0.29) is 5.78 Å². The first-order valence-corrected chi connectivity index (χ1v) is 6.78. The Morgan fingerprint density at radius 3 is 2.32 bits per heavy atom. The molecule has 0 amide bonds. The van der Waals surface area contributed by atoms with Crippen molar-refractivity contribution in [3.8, 4) is 0 Å². The van der Waals surface area contributed by atoms with Crippen molar-refractivity contribution in [2.75, 3.05) is 19.0 Å². The van der Waals surface area contributed by atoms with E-state index in [1.165, 1.54) is 6.08 Å². The maximum absolute atomic E-state index is 12.5. The zero-order valence-electron chi connectivity index (χ0n) is 12.8. The van der Waals surface area contributed by atoms with Crippen molar-refractivity contribution in [1.82, 2.24) is 4.57 Å². The summed E-state index contributed by atoms with van der Waals surface area (Å²) in [6.45, 7) is 0. The molecule has 0 aliphatic rings. The van der Waals surface area contributed by atoms with E-state index < -0.39 is 5.97 Å². The highest BCUT2D eigenvalue weighted by molar-refractivity contribution is 6.09. The zero-order chi connectivity index (χ0) is 16.3. The average Bonchev–Trinajstić information content (AvgIpc) is 2.85. The summed E-state index contributed by atoms with van der Waals surface area (Å²) in [6, 6.07) is 9.04. The number of carboxylic acids is 1. The summed E-state index contributed by atoms with van der Waals surface area (Å²) in [6.07, 6.45) is 4.22. The van der Waals surface area contributed by atoms with Gasteiger partial charge in [-0.2, -0.15) is 0 Å². The Kier molecular flexibility index (Phi) is 4.46. The summed E-state index contributed by atoms with van der Waals surface area (Å²) in [5, 5.41) is 8.66. The summed E-state index contributed by atoms with van der Waals surface area (Å²) >= 11 is 0. The van der Waals surface area contributed by atoms with E-state index in [0.29, 0.717) is 16.8 Å². The number of benzene rings is 1. The molecule has 114 valence electrons. The van der Waals surface area contributed by atoms with E-state index in [0.717, 1.165) is 11.8 Å². The summed E-state index contributed by atoms with van der Waals surface area (Å²) in [5.74, 6) is -1.11. The molecule has 0 fully saturated rings. The van der Waals surface area contributed by atoms with Gasteiger partial charge in [-0.05, 0) is 36.4 Å². The molecule has 1 aromatic heterocycles. The molecule has 1 heterocycles. The predicted molar refractivity (Wildman–Crippen MR) is 86.3 cm³/mol. The number of ketones is 1. The number of aromatic nitrogens is 1. The minimum atomic E-state index is -1.02. The standard InChI is InChI=1S/C17H18N2O3/c1-18(2)14-6-4-12(5-7-14)17(22)13-10-15(19(3)11-13)8-9-16(20)21/h4-11H,1-3H3,(H,20,21)/b9-8+. The Balaban J connectivity index is 2.26. The molecule has 0 saturated heterocycles. The van der Waals surface area contributed by atoms with Crippen LogP contribution in [0.25, 0.3) is 6.08 Å². The van der Waals surface area contributed by atoms with Gasteiger partial charge >= 0.3 is 5.97 Å². The minimum absolute atomic E-state index is 0.0871. The maximum Gasteiger partial charge on any atom is 0.328 e. The van der Waals surface area contributed by atoms with Gasteiger partial charge in [0.2, 0.25) is 0 Å². The van der Waals surface area contributed by atoms with Gasteiger partial charge in [0.1, 0.15) is 0 Å². The van der Waals surface area contributed by atoms with Gasteiger partial charge in [-0.15, -0.1) is 0 Å². The fraction of sp³-hybridized carbons (Fsp3) is 0.176. The van der Waals surface area contributed by atoms with Gasteiger partial charge in [0.05, 0.1) is 0 Å². The van der Waals surface area contributed by atoms with Crippen molar-refractivity contribution in [2.45, 2.75) is 0 Å². The number of hydrogen-bond acceptors (Lipinski definition) is 3. The number of nitrogens with zero attached hydrogens (tertiary/aromatic N) is 2. The largest absolute Gasteiger partial charge is 0.478 e. The predicted octanol–water partition coefficient (Wildman–Crippen LogP) is 2.42. The van der Waals surface area contributed by atoms with E-state index in [2.05, 4.69) is 0 Å². The first kappa shape index (κ1) is 15.6. The van der Waals surface area contributed by atoms with Gasteiger partial charge in [0, 0.05) is 55.9 Å². The van der Waals surface area contributed by atoms with E-state index in [4.69, 9.17) is 5.11 Å². The van der Waals surface area contributed by atoms with Crippen molar-refractivity contribution in [3.05, 3.63) is 59.4 Å². The molecular formula is C17H18N2O3. The second-order valence-corrected chi connectivity index (χ2v) is 5.21. The van der Waals surface area contributed by atoms with Gasteiger partial charge in [-0.1, -0.05) is 0 Å². The van der Waals surface area contributed by atoms with Crippen molar-refractivity contribution in [2.24, 2.45) is 7.05 Å². The van der Waals surface area contributed by atoms with E-state index in [9.17, 15) is 9.59 Å². The molecule has 0 aliphatic heterocycles. The molecule has 2 rings (SSSR count). The quantitative estimate of drug-likeness (QED) is 0.680. The topological polar surface area (TPSA) is 62.5 Å². The lowest BCUT2D eigenvalue weighted by molar-refractivity contribution is -0.131. The Labute approximate surface area is 129 Å². The van der Waals surface area contributed by atoms with Crippen LogP contribution in [0.1, 0.15) is 21.6 Å². The zero-order valence-corrected chi connectivity index (χ0v) is 12.8. The van der Waals surface area contributed by atoms with Gasteiger partial charge in [-0.3, -0.25) is 4.79 Å². The number of hydrogen-bond donors (Lipinski definition) is 1. The van der Waals surface area contributed by atoms with Crippen LogP contribution < -0.4 is 4.90 Å². The van der Waals surface area contributed by atoms with Crippen LogP contribution in [0.15, 0.2) is 42.6 Å². The molecule has 0 spiro atoms. The van der Waals surface area contributed by atoms with Crippen LogP contribution in [0.2, 0.25) is 0 Å². The lowest BCUT2D eigenvalue weighted by Gasteiger charge is -2.12. The third-order valence-electron chi connectivity index (χ3n) is 3.35. The second-order valence-electron chi connectivity index (χ2n) is 5.21. The van der Waals surface area contributed by atoms with Gasteiger partial charge < -0.3 is 14.6 Å². The van der Waals surface area contributed by atoms with Crippen LogP contribution in [-0.4, -0.2) is 35.5 Å². The molecule has 0 aliphatic carbocycles. The van der Waals surface area contributed by atoms with Crippen LogP contribution in [0, 0.1) is 0 Å². The molecule has 5 nitrogen and oxygen atoms in total. The fourth-order valence-electron chi connectivity index (χ4n) is 2.11. The van der Waals surface area contributed by atoms with E-state index in [1.807, 2.05) is 31.1 Å². The number of aliphatic carboxylic acids is 1. The number of carbonyl (C=O) groups is 2. The molecule has 5 heteroatoms. The SMILES string of the molecule is CN(C)c1ccc(C(=O)c2cc(/C=C/C(=O)O)n(C)c2)cc1. The fourth-order valence-corrected chi connectivity index (χ4v) is 2.11. The molecule has 1 N–H and O–H groups in total. The van der Waals surface area contributed by atoms with E-state index in [1.54, 1.807) is 36.0 Å². The monoisotopic (exact) mass is 298 g/mol. The summed E-state index contributed by atoms with van der Waals surface area (Å²) in [7, 11) is 5.65.